The third-order valence-electron chi connectivity index (χ3n) is 1.40. The van der Waals surface area contributed by atoms with Gasteiger partial charge in [0.15, 0.2) is 0 Å². The summed E-state index contributed by atoms with van der Waals surface area (Å²) in [6.45, 7) is 3.96. The van der Waals surface area contributed by atoms with Crippen LogP contribution in [0.1, 0.15) is 13.8 Å². The predicted molar refractivity (Wildman–Crippen MR) is 55.7 cm³/mol. The number of hydrogen-bond donors (Lipinski definition) is 1. The minimum Gasteiger partial charge on any atom is -0.364 e. The Hall–Kier alpha value is -0.420. The summed E-state index contributed by atoms with van der Waals surface area (Å²) >= 11 is 0. The van der Waals surface area contributed by atoms with E-state index in [1.165, 1.54) is 7.11 Å². The van der Waals surface area contributed by atoms with Crippen molar-refractivity contribution in [1.82, 2.24) is 5.32 Å². The van der Waals surface area contributed by atoms with Crippen molar-refractivity contribution in [3.8, 4) is 0 Å². The zero-order chi connectivity index (χ0) is 11.7. The fourth-order valence-corrected chi connectivity index (χ4v) is 2.41. The maximum absolute atomic E-state index is 11.8. The van der Waals surface area contributed by atoms with E-state index in [0.29, 0.717) is 0 Å². The maximum atomic E-state index is 11.8. The van der Waals surface area contributed by atoms with Crippen molar-refractivity contribution in [2.24, 2.45) is 0 Å². The normalized spacial score (nSPS) is 11.4. The molecule has 0 fully saturated rings. The summed E-state index contributed by atoms with van der Waals surface area (Å²) in [7, 11) is -1.83. The van der Waals surface area contributed by atoms with Crippen molar-refractivity contribution in [3.05, 3.63) is 0 Å². The summed E-state index contributed by atoms with van der Waals surface area (Å²) < 4.78 is 26.4. The fraction of sp³-hybridized carbons (Fsp3) is 0.875. The molecule has 1 amide bonds. The highest BCUT2D eigenvalue weighted by Crippen LogP contribution is 2.47. The number of ether oxygens (including phenoxy) is 1. The average Bonchev–Trinajstić information content (AvgIpc) is 2.15. The van der Waals surface area contributed by atoms with Crippen LogP contribution in [0.3, 0.4) is 0 Å². The molecule has 15 heavy (non-hydrogen) atoms. The monoisotopic (exact) mass is 239 g/mol. The van der Waals surface area contributed by atoms with Gasteiger partial charge in [-0.2, -0.15) is 0 Å². The lowest BCUT2D eigenvalue weighted by Gasteiger charge is -2.16. The van der Waals surface area contributed by atoms with Crippen molar-refractivity contribution in [1.29, 1.82) is 0 Å². The molecule has 0 aliphatic carbocycles. The summed E-state index contributed by atoms with van der Waals surface area (Å²) in [6, 6.07) is 0. The Balaban J connectivity index is 4.15. The quantitative estimate of drug-likeness (QED) is 0.504. The maximum Gasteiger partial charge on any atom is 0.340 e. The van der Waals surface area contributed by atoms with E-state index in [4.69, 9.17) is 9.05 Å². The Bertz CT molecular complexity index is 223. The Morgan fingerprint density at radius 3 is 2.20 bits per heavy atom. The number of amides is 1. The molecule has 0 saturated heterocycles. The molecule has 90 valence electrons. The molecule has 0 rings (SSSR count). The lowest BCUT2D eigenvalue weighted by Crippen LogP contribution is -2.28. The molecule has 0 unspecified atom stereocenters. The van der Waals surface area contributed by atoms with Crippen LogP contribution in [0.2, 0.25) is 0 Å². The van der Waals surface area contributed by atoms with Crippen LogP contribution in [0, 0.1) is 0 Å². The third-order valence-corrected chi connectivity index (χ3v) is 3.38. The lowest BCUT2D eigenvalue weighted by atomic mass is 10.7. The van der Waals surface area contributed by atoms with Gasteiger partial charge in [0.2, 0.25) is 5.91 Å². The van der Waals surface area contributed by atoms with Crippen LogP contribution in [-0.2, 0) is 23.1 Å². The zero-order valence-electron chi connectivity index (χ0n) is 9.32. The molecule has 0 atom stereocenters. The van der Waals surface area contributed by atoms with E-state index in [9.17, 15) is 9.36 Å². The summed E-state index contributed by atoms with van der Waals surface area (Å²) in [5.74, 6) is -0.415. The molecule has 0 aliphatic heterocycles. The van der Waals surface area contributed by atoms with Gasteiger partial charge in [-0.15, -0.1) is 0 Å². The Morgan fingerprint density at radius 1 is 1.27 bits per heavy atom. The van der Waals surface area contributed by atoms with Crippen LogP contribution < -0.4 is 5.32 Å². The smallest absolute Gasteiger partial charge is 0.340 e. The van der Waals surface area contributed by atoms with Crippen LogP contribution in [0.15, 0.2) is 0 Å². The average molecular weight is 239 g/mol. The highest BCUT2D eigenvalue weighted by molar-refractivity contribution is 7.54. The van der Waals surface area contributed by atoms with Crippen LogP contribution in [0.4, 0.5) is 0 Å². The number of rotatable bonds is 8. The highest BCUT2D eigenvalue weighted by Gasteiger charge is 2.27. The van der Waals surface area contributed by atoms with Gasteiger partial charge in [0, 0.05) is 7.11 Å². The van der Waals surface area contributed by atoms with Crippen LogP contribution in [-0.4, -0.2) is 39.1 Å². The van der Waals surface area contributed by atoms with Crippen molar-refractivity contribution in [2.45, 2.75) is 13.8 Å². The van der Waals surface area contributed by atoms with Crippen molar-refractivity contribution in [2.75, 3.05) is 33.2 Å². The van der Waals surface area contributed by atoms with Crippen LogP contribution in [0.25, 0.3) is 0 Å². The van der Waals surface area contributed by atoms with Gasteiger partial charge in [0.1, 0.15) is 12.9 Å². The van der Waals surface area contributed by atoms with Gasteiger partial charge in [-0.05, 0) is 13.8 Å². The number of carbonyl (C=O) groups excluding carboxylic acids is 1. The first-order valence-electron chi connectivity index (χ1n) is 4.71. The first kappa shape index (κ1) is 14.6. The molecular weight excluding hydrogens is 221 g/mol. The molecule has 7 heteroatoms. The first-order valence-corrected chi connectivity index (χ1v) is 6.44. The van der Waals surface area contributed by atoms with E-state index < -0.39 is 13.5 Å². The number of carbonyl (C=O) groups is 1. The second-order valence-corrected chi connectivity index (χ2v) is 4.69. The second-order valence-electron chi connectivity index (χ2n) is 2.64. The first-order chi connectivity index (χ1) is 7.08. The third kappa shape index (κ3) is 6.62. The van der Waals surface area contributed by atoms with Gasteiger partial charge in [-0.1, -0.05) is 0 Å². The molecule has 0 heterocycles. The molecule has 1 N–H and O–H groups in total. The van der Waals surface area contributed by atoms with E-state index in [0.717, 1.165) is 0 Å². The largest absolute Gasteiger partial charge is 0.364 e. The van der Waals surface area contributed by atoms with Crippen molar-refractivity contribution >= 4 is 13.5 Å². The van der Waals surface area contributed by atoms with Gasteiger partial charge in [-0.25, -0.2) is 0 Å². The molecule has 0 bridgehead atoms. The minimum absolute atomic E-state index is 0.0804. The molecule has 0 aliphatic rings. The van der Waals surface area contributed by atoms with Crippen molar-refractivity contribution < 1.29 is 23.1 Å². The van der Waals surface area contributed by atoms with E-state index in [-0.39, 0.29) is 26.1 Å². The summed E-state index contributed by atoms with van der Waals surface area (Å²) in [6.07, 6.45) is -0.280. The Kier molecular flexibility index (Phi) is 7.60. The molecule has 0 aromatic rings. The van der Waals surface area contributed by atoms with Gasteiger partial charge in [-0.3, -0.25) is 9.36 Å². The summed E-state index contributed by atoms with van der Waals surface area (Å²) in [5, 5.41) is 2.41. The molecular formula is C8H18NO5P. The standard InChI is InChI=1S/C8H18NO5P/c1-4-13-15(11,14-5-2)6-8(10)9-7-12-3/h4-7H2,1-3H3,(H,9,10). The fourth-order valence-electron chi connectivity index (χ4n) is 0.906. The van der Waals surface area contributed by atoms with Crippen LogP contribution >= 0.6 is 7.60 Å². The van der Waals surface area contributed by atoms with Crippen molar-refractivity contribution in [3.63, 3.8) is 0 Å². The molecule has 0 aromatic heterocycles. The second kappa shape index (κ2) is 7.82. The predicted octanol–water partition coefficient (Wildman–Crippen LogP) is 0.973. The Labute approximate surface area is 89.8 Å². The number of hydrogen-bond acceptors (Lipinski definition) is 5. The molecule has 0 saturated carbocycles. The van der Waals surface area contributed by atoms with Gasteiger partial charge in [0.25, 0.3) is 0 Å². The van der Waals surface area contributed by atoms with E-state index in [2.05, 4.69) is 10.1 Å². The molecule has 0 spiro atoms. The van der Waals surface area contributed by atoms with E-state index >= 15 is 0 Å². The number of nitrogens with one attached hydrogen (secondary N) is 1. The summed E-state index contributed by atoms with van der Waals surface area (Å²) in [4.78, 5) is 11.2. The minimum atomic E-state index is -3.28. The van der Waals surface area contributed by atoms with E-state index in [1.54, 1.807) is 13.8 Å². The van der Waals surface area contributed by atoms with E-state index in [1.807, 2.05) is 0 Å². The molecule has 6 nitrogen and oxygen atoms in total. The SMILES string of the molecule is CCOP(=O)(CC(=O)NCOC)OCC. The zero-order valence-corrected chi connectivity index (χ0v) is 10.2. The van der Waals surface area contributed by atoms with Crippen LogP contribution in [0.5, 0.6) is 0 Å². The number of methoxy groups -OCH3 is 1. The molecule has 0 radical (unpaired) electrons. The van der Waals surface area contributed by atoms with Gasteiger partial charge in [0.05, 0.1) is 13.2 Å². The summed E-state index contributed by atoms with van der Waals surface area (Å²) in [5.41, 5.74) is 0. The topological polar surface area (TPSA) is 73.9 Å². The highest BCUT2D eigenvalue weighted by atomic mass is 31.2. The van der Waals surface area contributed by atoms with Gasteiger partial charge < -0.3 is 19.1 Å². The lowest BCUT2D eigenvalue weighted by molar-refractivity contribution is -0.120. The Morgan fingerprint density at radius 2 is 1.80 bits per heavy atom. The van der Waals surface area contributed by atoms with Gasteiger partial charge >= 0.3 is 7.60 Å². The molecule has 0 aromatic carbocycles.